The number of benzene rings is 1. The fourth-order valence-corrected chi connectivity index (χ4v) is 3.80. The second kappa shape index (κ2) is 8.11. The van der Waals surface area contributed by atoms with Gasteiger partial charge in [-0.1, -0.05) is 9.24 Å². The van der Waals surface area contributed by atoms with Crippen molar-refractivity contribution in [2.75, 3.05) is 5.73 Å². The molecule has 0 saturated carbocycles. The lowest BCUT2D eigenvalue weighted by Crippen LogP contribution is -2.36. The van der Waals surface area contributed by atoms with Gasteiger partial charge in [-0.05, 0) is 64.3 Å². The molecule has 0 aliphatic rings. The summed E-state index contributed by atoms with van der Waals surface area (Å²) in [5, 5.41) is 9.18. The van der Waals surface area contributed by atoms with Crippen LogP contribution >= 0.6 is 25.2 Å². The highest BCUT2D eigenvalue weighted by molar-refractivity contribution is 9.10. The van der Waals surface area contributed by atoms with Crippen LogP contribution < -0.4 is 22.4 Å². The van der Waals surface area contributed by atoms with Crippen molar-refractivity contribution in [3.63, 3.8) is 0 Å². The van der Waals surface area contributed by atoms with Crippen molar-refractivity contribution in [1.82, 2.24) is 14.5 Å². The van der Waals surface area contributed by atoms with Crippen molar-refractivity contribution in [3.8, 4) is 6.07 Å². The lowest BCUT2D eigenvalue weighted by Gasteiger charge is -2.14. The second-order valence-corrected chi connectivity index (χ2v) is 7.75. The molecule has 0 fully saturated rings. The van der Waals surface area contributed by atoms with E-state index in [9.17, 15) is 19.6 Å². The number of pyridine rings is 1. The van der Waals surface area contributed by atoms with Crippen molar-refractivity contribution in [2.24, 2.45) is 0 Å². The van der Waals surface area contributed by atoms with Gasteiger partial charge >= 0.3 is 5.69 Å². The number of nitriles is 1. The van der Waals surface area contributed by atoms with Crippen LogP contribution in [-0.2, 0) is 6.54 Å². The van der Waals surface area contributed by atoms with E-state index in [0.717, 1.165) is 4.57 Å². The molecular formula is C19H15BrN5O3P. The van der Waals surface area contributed by atoms with Gasteiger partial charge in [0.05, 0.1) is 23.6 Å². The van der Waals surface area contributed by atoms with Gasteiger partial charge in [0, 0.05) is 5.56 Å². The van der Waals surface area contributed by atoms with E-state index in [1.165, 1.54) is 6.07 Å². The summed E-state index contributed by atoms with van der Waals surface area (Å²) in [6, 6.07) is 9.92. The Morgan fingerprint density at radius 1 is 1.31 bits per heavy atom. The van der Waals surface area contributed by atoms with Crippen LogP contribution in [0.15, 0.2) is 44.4 Å². The van der Waals surface area contributed by atoms with E-state index in [-0.39, 0.29) is 28.1 Å². The number of H-pyrrole nitrogens is 1. The SMILES string of the molecule is Cc1cc(C#N)cc(C(=O)c2c(Br)c(=O)[nH]c(=O)n2Cc2cc(N)nc(P)c2)c1. The zero-order valence-corrected chi connectivity index (χ0v) is 17.9. The maximum Gasteiger partial charge on any atom is 0.329 e. The van der Waals surface area contributed by atoms with E-state index in [2.05, 4.69) is 35.1 Å². The van der Waals surface area contributed by atoms with E-state index >= 15 is 0 Å². The predicted octanol–water partition coefficient (Wildman–Crippen LogP) is 1.24. The maximum atomic E-state index is 13.2. The standard InChI is InChI=1S/C19H15BrN5O3P/c1-9-2-10(7-21)4-12(3-9)17(26)16-15(20)18(27)24-19(28)25(16)8-11-5-13(22)23-14(29)6-11/h2-6H,8,29H2,1H3,(H2,22,23)(H,24,27,28). The number of hydrogen-bond acceptors (Lipinski definition) is 6. The quantitative estimate of drug-likeness (QED) is 0.434. The van der Waals surface area contributed by atoms with Crippen LogP contribution in [0.3, 0.4) is 0 Å². The summed E-state index contributed by atoms with van der Waals surface area (Å²) in [7, 11) is 2.41. The Kier molecular flexibility index (Phi) is 5.78. The third kappa shape index (κ3) is 4.34. The van der Waals surface area contributed by atoms with E-state index in [1.807, 2.05) is 6.07 Å². The van der Waals surface area contributed by atoms with E-state index in [4.69, 9.17) is 5.73 Å². The number of hydrogen-bond donors (Lipinski definition) is 2. The Morgan fingerprint density at radius 2 is 2.03 bits per heavy atom. The molecule has 1 aromatic carbocycles. The van der Waals surface area contributed by atoms with Gasteiger partial charge in [0.2, 0.25) is 5.78 Å². The van der Waals surface area contributed by atoms with Gasteiger partial charge in [0.25, 0.3) is 5.56 Å². The molecule has 0 amide bonds. The number of anilines is 1. The van der Waals surface area contributed by atoms with Crippen LogP contribution in [0.25, 0.3) is 0 Å². The van der Waals surface area contributed by atoms with Crippen LogP contribution in [0.1, 0.15) is 32.7 Å². The number of rotatable bonds is 4. The Hall–Kier alpha value is -3.08. The normalized spacial score (nSPS) is 10.6. The van der Waals surface area contributed by atoms with Crippen LogP contribution in [0.5, 0.6) is 0 Å². The lowest BCUT2D eigenvalue weighted by atomic mass is 10.0. The summed E-state index contributed by atoms with van der Waals surface area (Å²) in [5.74, 6) is -0.303. The first-order chi connectivity index (χ1) is 13.7. The minimum Gasteiger partial charge on any atom is -0.384 e. The summed E-state index contributed by atoms with van der Waals surface area (Å²) in [6.07, 6.45) is 0. The van der Waals surface area contributed by atoms with Crippen molar-refractivity contribution in [2.45, 2.75) is 13.5 Å². The zero-order valence-electron chi connectivity index (χ0n) is 15.2. The monoisotopic (exact) mass is 471 g/mol. The molecule has 3 aromatic rings. The molecule has 3 rings (SSSR count). The molecule has 1 atom stereocenters. The van der Waals surface area contributed by atoms with Crippen molar-refractivity contribution < 1.29 is 4.79 Å². The maximum absolute atomic E-state index is 13.2. The number of nitrogens with one attached hydrogen (secondary N) is 1. The fourth-order valence-electron chi connectivity index (χ4n) is 2.94. The second-order valence-electron chi connectivity index (χ2n) is 6.36. The Bertz CT molecular complexity index is 1290. The van der Waals surface area contributed by atoms with Crippen molar-refractivity contribution in [3.05, 3.63) is 83.6 Å². The summed E-state index contributed by atoms with van der Waals surface area (Å²) in [5.41, 5.74) is 6.59. The molecule has 3 N–H and O–H groups in total. The number of nitrogens with two attached hydrogens (primary N) is 1. The smallest absolute Gasteiger partial charge is 0.329 e. The summed E-state index contributed by atoms with van der Waals surface area (Å²) >= 11 is 3.13. The fraction of sp³-hybridized carbons (Fsp3) is 0.105. The third-order valence-corrected chi connectivity index (χ3v) is 5.12. The summed E-state index contributed by atoms with van der Waals surface area (Å²) in [4.78, 5) is 44.2. The first kappa shape index (κ1) is 20.6. The Balaban J connectivity index is 2.22. The average molecular weight is 472 g/mol. The highest BCUT2D eigenvalue weighted by Gasteiger charge is 2.22. The third-order valence-electron chi connectivity index (χ3n) is 4.09. The van der Waals surface area contributed by atoms with Crippen molar-refractivity contribution >= 4 is 42.2 Å². The number of carbonyl (C=O) groups is 1. The van der Waals surface area contributed by atoms with E-state index in [0.29, 0.717) is 22.1 Å². The number of nitrogen functional groups attached to an aromatic ring is 1. The molecule has 0 aliphatic heterocycles. The topological polar surface area (TPSA) is 135 Å². The predicted molar refractivity (Wildman–Crippen MR) is 115 cm³/mol. The summed E-state index contributed by atoms with van der Waals surface area (Å²) < 4.78 is 1.08. The molecule has 0 bridgehead atoms. The highest BCUT2D eigenvalue weighted by atomic mass is 79.9. The molecule has 10 heteroatoms. The average Bonchev–Trinajstić information content (AvgIpc) is 2.64. The first-order valence-electron chi connectivity index (χ1n) is 8.30. The summed E-state index contributed by atoms with van der Waals surface area (Å²) in [6.45, 7) is 1.73. The van der Waals surface area contributed by atoms with Gasteiger partial charge in [-0.3, -0.25) is 19.1 Å². The molecule has 0 radical (unpaired) electrons. The Morgan fingerprint density at radius 3 is 2.69 bits per heavy atom. The molecule has 0 spiro atoms. The molecule has 0 aliphatic carbocycles. The number of aromatic amines is 1. The zero-order chi connectivity index (χ0) is 21.3. The lowest BCUT2D eigenvalue weighted by molar-refractivity contribution is 0.102. The van der Waals surface area contributed by atoms with Gasteiger partial charge in [-0.15, -0.1) is 0 Å². The van der Waals surface area contributed by atoms with E-state index < -0.39 is 17.0 Å². The largest absolute Gasteiger partial charge is 0.384 e. The van der Waals surface area contributed by atoms with Gasteiger partial charge in [-0.2, -0.15) is 5.26 Å². The van der Waals surface area contributed by atoms with Crippen molar-refractivity contribution in [1.29, 1.82) is 5.26 Å². The van der Waals surface area contributed by atoms with E-state index in [1.54, 1.807) is 31.2 Å². The number of aryl methyl sites for hydroxylation is 1. The van der Waals surface area contributed by atoms with Gasteiger partial charge < -0.3 is 5.73 Å². The molecule has 1 unspecified atom stereocenters. The molecule has 2 aromatic heterocycles. The van der Waals surface area contributed by atoms with Crippen LogP contribution in [0, 0.1) is 18.3 Å². The van der Waals surface area contributed by atoms with Gasteiger partial charge in [0.1, 0.15) is 16.0 Å². The minimum atomic E-state index is -0.740. The molecule has 0 saturated heterocycles. The number of carbonyl (C=O) groups excluding carboxylic acids is 1. The molecule has 146 valence electrons. The molecular weight excluding hydrogens is 457 g/mol. The highest BCUT2D eigenvalue weighted by Crippen LogP contribution is 2.19. The number of nitrogens with zero attached hydrogens (tertiary/aromatic N) is 3. The molecule has 29 heavy (non-hydrogen) atoms. The Labute approximate surface area is 175 Å². The minimum absolute atomic E-state index is 0.0136. The van der Waals surface area contributed by atoms with Crippen LogP contribution in [0.4, 0.5) is 5.82 Å². The van der Waals surface area contributed by atoms with Crippen LogP contribution in [-0.4, -0.2) is 20.3 Å². The first-order valence-corrected chi connectivity index (χ1v) is 9.67. The van der Waals surface area contributed by atoms with Crippen LogP contribution in [0.2, 0.25) is 0 Å². The molecule has 2 heterocycles. The number of ketones is 1. The number of aromatic nitrogens is 3. The van der Waals surface area contributed by atoms with Gasteiger partial charge in [-0.25, -0.2) is 9.78 Å². The van der Waals surface area contributed by atoms with Gasteiger partial charge in [0.15, 0.2) is 0 Å². The molecule has 8 nitrogen and oxygen atoms in total. The number of halogens is 1.